The highest BCUT2D eigenvalue weighted by Gasteiger charge is 2.23. The number of benzene rings is 1. The Kier molecular flexibility index (Phi) is 8.20. The van der Waals surface area contributed by atoms with Crippen molar-refractivity contribution >= 4 is 40.9 Å². The van der Waals surface area contributed by atoms with Crippen molar-refractivity contribution in [2.24, 2.45) is 12.5 Å². The first-order valence-electron chi connectivity index (χ1n) is 9.15. The quantitative estimate of drug-likeness (QED) is 0.414. The van der Waals surface area contributed by atoms with E-state index in [2.05, 4.69) is 22.3 Å². The molecule has 162 valence electrons. The number of carbonyl (C=O) groups excluding carboxylic acids is 1. The molecule has 0 aliphatic carbocycles. The summed E-state index contributed by atoms with van der Waals surface area (Å²) in [4.78, 5) is 13.0. The van der Waals surface area contributed by atoms with Crippen LogP contribution in [0.1, 0.15) is 55.7 Å². The molecular formula is C21H23Cl2F2N3OS. The number of hydrogen-bond acceptors (Lipinski definition) is 3. The summed E-state index contributed by atoms with van der Waals surface area (Å²) in [5.74, 6) is 6.04. The van der Waals surface area contributed by atoms with Crippen molar-refractivity contribution < 1.29 is 13.6 Å². The van der Waals surface area contributed by atoms with Gasteiger partial charge in [-0.1, -0.05) is 35.0 Å². The number of thioether (sulfide) groups is 1. The second-order valence-corrected chi connectivity index (χ2v) is 9.70. The van der Waals surface area contributed by atoms with Crippen LogP contribution in [0.25, 0.3) is 0 Å². The standard InChI is InChI=1S/C21H23Cl2F2N3OS/c1-12(26-20(29)14-10-28(5)27-17(14)19(24)25)11-30-18-15(22)8-13(9-16(18)23)6-7-21(2,3)4/h8-10,12,19H,11H2,1-5H3,(H,26,29). The number of carbonyl (C=O) groups is 1. The Bertz CT molecular complexity index is 967. The predicted octanol–water partition coefficient (Wildman–Crippen LogP) is 5.97. The molecule has 0 radical (unpaired) electrons. The third-order valence-corrected chi connectivity index (χ3v) is 5.96. The Hall–Kier alpha value is -1.75. The summed E-state index contributed by atoms with van der Waals surface area (Å²) in [7, 11) is 1.49. The first-order chi connectivity index (χ1) is 13.9. The second-order valence-electron chi connectivity index (χ2n) is 7.86. The van der Waals surface area contributed by atoms with Crippen molar-refractivity contribution in [3.63, 3.8) is 0 Å². The molecule has 1 aromatic heterocycles. The molecule has 1 atom stereocenters. The molecule has 2 rings (SSSR count). The molecule has 0 saturated heterocycles. The molecule has 0 bridgehead atoms. The van der Waals surface area contributed by atoms with E-state index < -0.39 is 18.0 Å². The summed E-state index contributed by atoms with van der Waals surface area (Å²) in [6.45, 7) is 7.81. The van der Waals surface area contributed by atoms with Crippen molar-refractivity contribution in [2.45, 2.75) is 45.1 Å². The number of halogens is 4. The molecule has 1 amide bonds. The molecule has 0 fully saturated rings. The van der Waals surface area contributed by atoms with Crippen molar-refractivity contribution in [2.75, 3.05) is 5.75 Å². The van der Waals surface area contributed by atoms with Gasteiger partial charge in [0, 0.05) is 40.9 Å². The molecule has 0 aliphatic heterocycles. The number of rotatable bonds is 6. The zero-order chi connectivity index (χ0) is 22.6. The van der Waals surface area contributed by atoms with Crippen LogP contribution in [-0.4, -0.2) is 27.5 Å². The van der Waals surface area contributed by atoms with Gasteiger partial charge in [-0.25, -0.2) is 8.78 Å². The number of alkyl halides is 2. The van der Waals surface area contributed by atoms with Crippen LogP contribution in [0.2, 0.25) is 10.0 Å². The predicted molar refractivity (Wildman–Crippen MR) is 119 cm³/mol. The van der Waals surface area contributed by atoms with Gasteiger partial charge in [-0.05, 0) is 39.8 Å². The fourth-order valence-electron chi connectivity index (χ4n) is 2.42. The fraction of sp³-hybridized carbons (Fsp3) is 0.429. The Morgan fingerprint density at radius 1 is 1.30 bits per heavy atom. The molecule has 9 heteroatoms. The van der Waals surface area contributed by atoms with E-state index >= 15 is 0 Å². The molecule has 1 unspecified atom stereocenters. The van der Waals surface area contributed by atoms with Crippen LogP contribution < -0.4 is 5.32 Å². The van der Waals surface area contributed by atoms with Gasteiger partial charge in [0.1, 0.15) is 5.69 Å². The van der Waals surface area contributed by atoms with E-state index in [1.807, 2.05) is 20.8 Å². The number of nitrogens with zero attached hydrogens (tertiary/aromatic N) is 2. The number of aromatic nitrogens is 2. The normalized spacial score (nSPS) is 12.5. The van der Waals surface area contributed by atoms with Gasteiger partial charge in [0.2, 0.25) is 0 Å². The molecule has 0 aliphatic rings. The Balaban J connectivity index is 2.05. The molecule has 30 heavy (non-hydrogen) atoms. The van der Waals surface area contributed by atoms with E-state index in [4.69, 9.17) is 23.2 Å². The summed E-state index contributed by atoms with van der Waals surface area (Å²) in [5.41, 5.74) is -0.0878. The van der Waals surface area contributed by atoms with Crippen LogP contribution in [0.3, 0.4) is 0 Å². The summed E-state index contributed by atoms with van der Waals surface area (Å²) < 4.78 is 27.3. The first kappa shape index (κ1) is 24.5. The van der Waals surface area contributed by atoms with E-state index in [9.17, 15) is 13.6 Å². The molecule has 0 saturated carbocycles. The molecule has 2 aromatic rings. The highest BCUT2D eigenvalue weighted by molar-refractivity contribution is 7.99. The summed E-state index contributed by atoms with van der Waals surface area (Å²) in [5, 5.41) is 7.29. The third-order valence-electron chi connectivity index (χ3n) is 3.74. The largest absolute Gasteiger partial charge is 0.349 e. The summed E-state index contributed by atoms with van der Waals surface area (Å²) >= 11 is 14.1. The Morgan fingerprint density at radius 3 is 2.43 bits per heavy atom. The number of hydrogen-bond donors (Lipinski definition) is 1. The van der Waals surface area contributed by atoms with Crippen LogP contribution in [0.4, 0.5) is 8.78 Å². The van der Waals surface area contributed by atoms with Crippen molar-refractivity contribution in [3.05, 3.63) is 45.2 Å². The zero-order valence-corrected chi connectivity index (χ0v) is 19.6. The monoisotopic (exact) mass is 473 g/mol. The Morgan fingerprint density at radius 2 is 1.90 bits per heavy atom. The number of amides is 1. The van der Waals surface area contributed by atoms with Gasteiger partial charge in [-0.3, -0.25) is 9.48 Å². The highest BCUT2D eigenvalue weighted by Crippen LogP contribution is 2.35. The van der Waals surface area contributed by atoms with Gasteiger partial charge in [-0.2, -0.15) is 5.10 Å². The smallest absolute Gasteiger partial charge is 0.282 e. The molecule has 4 nitrogen and oxygen atoms in total. The van der Waals surface area contributed by atoms with Gasteiger partial charge in [-0.15, -0.1) is 11.8 Å². The first-order valence-corrected chi connectivity index (χ1v) is 10.9. The van der Waals surface area contributed by atoms with Crippen LogP contribution in [0.5, 0.6) is 0 Å². The summed E-state index contributed by atoms with van der Waals surface area (Å²) in [6.07, 6.45) is -1.55. The van der Waals surface area contributed by atoms with E-state index in [0.29, 0.717) is 20.7 Å². The van der Waals surface area contributed by atoms with E-state index in [1.54, 1.807) is 19.1 Å². The maximum Gasteiger partial charge on any atom is 0.282 e. The average molecular weight is 474 g/mol. The van der Waals surface area contributed by atoms with Crippen LogP contribution in [0.15, 0.2) is 23.2 Å². The maximum atomic E-state index is 13.1. The van der Waals surface area contributed by atoms with Crippen molar-refractivity contribution in [1.82, 2.24) is 15.1 Å². The molecule has 1 aromatic carbocycles. The number of aryl methyl sites for hydroxylation is 1. The molecular weight excluding hydrogens is 451 g/mol. The minimum Gasteiger partial charge on any atom is -0.349 e. The third kappa shape index (κ3) is 6.90. The van der Waals surface area contributed by atoms with Gasteiger partial charge in [0.25, 0.3) is 12.3 Å². The van der Waals surface area contributed by atoms with Gasteiger partial charge < -0.3 is 5.32 Å². The highest BCUT2D eigenvalue weighted by atomic mass is 35.5. The topological polar surface area (TPSA) is 46.9 Å². The average Bonchev–Trinajstić information content (AvgIpc) is 3.01. The lowest BCUT2D eigenvalue weighted by Gasteiger charge is -2.15. The van der Waals surface area contributed by atoms with Crippen molar-refractivity contribution in [1.29, 1.82) is 0 Å². The lowest BCUT2D eigenvalue weighted by Crippen LogP contribution is -2.34. The minimum atomic E-state index is -2.82. The van der Waals surface area contributed by atoms with Crippen LogP contribution >= 0.6 is 35.0 Å². The van der Waals surface area contributed by atoms with Crippen LogP contribution in [0, 0.1) is 17.3 Å². The summed E-state index contributed by atoms with van der Waals surface area (Å²) in [6, 6.07) is 3.19. The zero-order valence-electron chi connectivity index (χ0n) is 17.3. The molecule has 0 spiro atoms. The fourth-order valence-corrected chi connectivity index (χ4v) is 4.13. The maximum absolute atomic E-state index is 13.1. The molecule has 1 heterocycles. The SMILES string of the molecule is CC(CSc1c(Cl)cc(C#CC(C)(C)C)cc1Cl)NC(=O)c1cn(C)nc1C(F)F. The Labute approximate surface area is 189 Å². The van der Waals surface area contributed by atoms with Crippen molar-refractivity contribution in [3.8, 4) is 11.8 Å². The second kappa shape index (κ2) is 10.0. The van der Waals surface area contributed by atoms with Gasteiger partial charge >= 0.3 is 0 Å². The van der Waals surface area contributed by atoms with Gasteiger partial charge in [0.15, 0.2) is 0 Å². The van der Waals surface area contributed by atoms with E-state index in [0.717, 1.165) is 5.56 Å². The lowest BCUT2D eigenvalue weighted by molar-refractivity contribution is 0.0929. The lowest BCUT2D eigenvalue weighted by atomic mass is 9.97. The van der Waals surface area contributed by atoms with E-state index in [1.165, 1.54) is 29.7 Å². The molecule has 1 N–H and O–H groups in total. The minimum absolute atomic E-state index is 0.137. The van der Waals surface area contributed by atoms with Gasteiger partial charge in [0.05, 0.1) is 15.6 Å². The van der Waals surface area contributed by atoms with E-state index in [-0.39, 0.29) is 17.0 Å². The van der Waals surface area contributed by atoms with Crippen LogP contribution in [-0.2, 0) is 7.05 Å². The number of nitrogens with one attached hydrogen (secondary N) is 1.